The number of ether oxygens (including phenoxy) is 1. The van der Waals surface area contributed by atoms with E-state index in [1.807, 2.05) is 0 Å². The van der Waals surface area contributed by atoms with E-state index in [4.69, 9.17) is 4.74 Å². The van der Waals surface area contributed by atoms with Gasteiger partial charge in [-0.25, -0.2) is 0 Å². The van der Waals surface area contributed by atoms with Crippen molar-refractivity contribution in [2.75, 3.05) is 13.2 Å². The van der Waals surface area contributed by atoms with Gasteiger partial charge in [-0.3, -0.25) is 4.79 Å². The summed E-state index contributed by atoms with van der Waals surface area (Å²) in [6.45, 7) is 0.619. The minimum atomic E-state index is -0.767. The normalized spacial score (nSPS) is 20.9. The van der Waals surface area contributed by atoms with Crippen LogP contribution in [0.2, 0.25) is 0 Å². The zero-order valence-corrected chi connectivity index (χ0v) is 11.0. The van der Waals surface area contributed by atoms with Crippen molar-refractivity contribution in [2.45, 2.75) is 35.3 Å². The van der Waals surface area contributed by atoms with E-state index in [-0.39, 0.29) is 0 Å². The van der Waals surface area contributed by atoms with Crippen molar-refractivity contribution in [3.8, 4) is 0 Å². The van der Waals surface area contributed by atoms with Crippen molar-refractivity contribution in [3.05, 3.63) is 29.3 Å². The highest BCUT2D eigenvalue weighted by Crippen LogP contribution is 2.40. The van der Waals surface area contributed by atoms with Crippen LogP contribution >= 0.6 is 11.8 Å². The molecule has 0 atom stereocenters. The molecule has 1 fully saturated rings. The number of thioether (sulfide) groups is 1. The van der Waals surface area contributed by atoms with Crippen LogP contribution in [0.25, 0.3) is 0 Å². The summed E-state index contributed by atoms with van der Waals surface area (Å²) in [6.07, 6.45) is 4.80. The molecule has 0 amide bonds. The quantitative estimate of drug-likeness (QED) is 0.911. The van der Waals surface area contributed by atoms with Crippen LogP contribution in [0.4, 0.5) is 0 Å². The third kappa shape index (κ3) is 2.04. The van der Waals surface area contributed by atoms with Gasteiger partial charge in [0.1, 0.15) is 0 Å². The minimum Gasteiger partial charge on any atom is -0.480 e. The van der Waals surface area contributed by atoms with Crippen molar-refractivity contribution in [1.82, 2.24) is 0 Å². The fourth-order valence-electron chi connectivity index (χ4n) is 2.51. The molecule has 1 aliphatic carbocycles. The molecule has 0 aromatic heterocycles. The number of carbonyl (C=O) groups is 1. The largest absolute Gasteiger partial charge is 0.480 e. The Labute approximate surface area is 111 Å². The first-order valence-corrected chi connectivity index (χ1v) is 7.13. The predicted molar refractivity (Wildman–Crippen MR) is 70.1 cm³/mol. The molecular formula is C14H16O3S. The summed E-state index contributed by atoms with van der Waals surface area (Å²) in [4.78, 5) is 12.4. The van der Waals surface area contributed by atoms with Crippen LogP contribution in [0, 0.1) is 0 Å². The average Bonchev–Trinajstić information content (AvgIpc) is 2.33. The Hall–Kier alpha value is -1.00. The van der Waals surface area contributed by atoms with Gasteiger partial charge in [0.25, 0.3) is 0 Å². The number of benzene rings is 1. The summed E-state index contributed by atoms with van der Waals surface area (Å²) >= 11 is 1.43. The van der Waals surface area contributed by atoms with Gasteiger partial charge in [-0.1, -0.05) is 6.07 Å². The van der Waals surface area contributed by atoms with Crippen LogP contribution < -0.4 is 0 Å². The van der Waals surface area contributed by atoms with E-state index in [0.717, 1.165) is 17.7 Å². The van der Waals surface area contributed by atoms with Gasteiger partial charge in [0.05, 0.1) is 13.2 Å². The summed E-state index contributed by atoms with van der Waals surface area (Å²) in [5.41, 5.74) is 2.83. The predicted octanol–water partition coefficient (Wildman–Crippen LogP) is 2.51. The third-order valence-corrected chi connectivity index (χ3v) is 4.98. The van der Waals surface area contributed by atoms with E-state index in [1.165, 1.54) is 35.7 Å². The molecule has 1 heterocycles. The van der Waals surface area contributed by atoms with Gasteiger partial charge >= 0.3 is 5.97 Å². The van der Waals surface area contributed by atoms with Crippen LogP contribution in [0.1, 0.15) is 24.0 Å². The molecular weight excluding hydrogens is 248 g/mol. The van der Waals surface area contributed by atoms with Crippen LogP contribution in [-0.4, -0.2) is 29.0 Å². The van der Waals surface area contributed by atoms with Gasteiger partial charge in [-0.2, -0.15) is 0 Å². The molecule has 3 nitrogen and oxygen atoms in total. The summed E-state index contributed by atoms with van der Waals surface area (Å²) in [5, 5.41) is 9.28. The number of fused-ring (bicyclic) bond motifs is 1. The molecule has 0 unspecified atom stereocenters. The lowest BCUT2D eigenvalue weighted by Crippen LogP contribution is -2.53. The highest BCUT2D eigenvalue weighted by molar-refractivity contribution is 8.01. The lowest BCUT2D eigenvalue weighted by Gasteiger charge is -2.36. The number of hydrogen-bond acceptors (Lipinski definition) is 3. The molecule has 2 aliphatic rings. The maximum Gasteiger partial charge on any atom is 0.324 e. The van der Waals surface area contributed by atoms with Crippen LogP contribution in [-0.2, 0) is 22.4 Å². The molecule has 1 saturated heterocycles. The zero-order chi connectivity index (χ0) is 12.6. The summed E-state index contributed by atoms with van der Waals surface area (Å²) < 4.78 is 4.32. The van der Waals surface area contributed by atoms with Crippen molar-refractivity contribution in [3.63, 3.8) is 0 Å². The number of carboxylic acid groups (broad SMARTS) is 1. The molecule has 1 aromatic carbocycles. The van der Waals surface area contributed by atoms with Crippen molar-refractivity contribution < 1.29 is 14.6 Å². The standard InChI is InChI=1S/C14H16O3S/c15-13(16)14(8-17-9-14)18-12-6-5-10-3-1-2-4-11(10)7-12/h5-7H,1-4,8-9H2,(H,15,16). The third-order valence-electron chi connectivity index (χ3n) is 3.69. The molecule has 0 radical (unpaired) electrons. The Morgan fingerprint density at radius 3 is 2.56 bits per heavy atom. The van der Waals surface area contributed by atoms with Crippen LogP contribution in [0.15, 0.2) is 23.1 Å². The van der Waals surface area contributed by atoms with E-state index in [0.29, 0.717) is 13.2 Å². The maximum atomic E-state index is 11.3. The van der Waals surface area contributed by atoms with E-state index in [2.05, 4.69) is 18.2 Å². The van der Waals surface area contributed by atoms with Crippen LogP contribution in [0.5, 0.6) is 0 Å². The maximum absolute atomic E-state index is 11.3. The van der Waals surface area contributed by atoms with E-state index < -0.39 is 10.7 Å². The fourth-order valence-corrected chi connectivity index (χ4v) is 3.67. The van der Waals surface area contributed by atoms with Crippen LogP contribution in [0.3, 0.4) is 0 Å². The monoisotopic (exact) mass is 264 g/mol. The Kier molecular flexibility index (Phi) is 3.08. The van der Waals surface area contributed by atoms with E-state index >= 15 is 0 Å². The number of aryl methyl sites for hydroxylation is 2. The molecule has 0 saturated carbocycles. The Morgan fingerprint density at radius 1 is 1.22 bits per heavy atom. The summed E-state index contributed by atoms with van der Waals surface area (Å²) in [7, 11) is 0. The second kappa shape index (κ2) is 4.59. The summed E-state index contributed by atoms with van der Waals surface area (Å²) in [5.74, 6) is -0.767. The van der Waals surface area contributed by atoms with Crippen molar-refractivity contribution >= 4 is 17.7 Å². The van der Waals surface area contributed by atoms with Gasteiger partial charge in [-0.15, -0.1) is 11.8 Å². The Morgan fingerprint density at radius 2 is 1.94 bits per heavy atom. The lowest BCUT2D eigenvalue weighted by atomic mass is 9.92. The smallest absolute Gasteiger partial charge is 0.324 e. The van der Waals surface area contributed by atoms with E-state index in [1.54, 1.807) is 0 Å². The first kappa shape index (κ1) is 12.1. The lowest BCUT2D eigenvalue weighted by molar-refractivity contribution is -0.151. The van der Waals surface area contributed by atoms with E-state index in [9.17, 15) is 9.90 Å². The second-order valence-electron chi connectivity index (χ2n) is 5.03. The van der Waals surface area contributed by atoms with Gasteiger partial charge in [0.2, 0.25) is 0 Å². The van der Waals surface area contributed by atoms with Gasteiger partial charge < -0.3 is 9.84 Å². The number of rotatable bonds is 3. The summed E-state index contributed by atoms with van der Waals surface area (Å²) in [6, 6.07) is 6.38. The molecule has 18 heavy (non-hydrogen) atoms. The fraction of sp³-hybridized carbons (Fsp3) is 0.500. The first-order chi connectivity index (χ1) is 8.70. The van der Waals surface area contributed by atoms with Gasteiger partial charge in [-0.05, 0) is 48.9 Å². The number of aliphatic carboxylic acids is 1. The second-order valence-corrected chi connectivity index (χ2v) is 6.49. The number of carboxylic acids is 1. The molecule has 0 bridgehead atoms. The zero-order valence-electron chi connectivity index (χ0n) is 10.1. The highest BCUT2D eigenvalue weighted by atomic mass is 32.2. The molecule has 4 heteroatoms. The van der Waals surface area contributed by atoms with Gasteiger partial charge in [0, 0.05) is 4.90 Å². The highest BCUT2D eigenvalue weighted by Gasteiger charge is 2.47. The minimum absolute atomic E-state index is 0.310. The molecule has 1 aromatic rings. The van der Waals surface area contributed by atoms with Crippen molar-refractivity contribution in [2.24, 2.45) is 0 Å². The molecule has 0 spiro atoms. The molecule has 1 aliphatic heterocycles. The topological polar surface area (TPSA) is 46.5 Å². The first-order valence-electron chi connectivity index (χ1n) is 6.32. The molecule has 96 valence electrons. The SMILES string of the molecule is O=C(O)C1(Sc2ccc3c(c2)CCCC3)COC1. The molecule has 1 N–H and O–H groups in total. The molecule has 3 rings (SSSR count). The van der Waals surface area contributed by atoms with Crippen molar-refractivity contribution in [1.29, 1.82) is 0 Å². The van der Waals surface area contributed by atoms with Gasteiger partial charge in [0.15, 0.2) is 4.75 Å². The Bertz CT molecular complexity index is 480. The Balaban J connectivity index is 1.82. The average molecular weight is 264 g/mol. The number of hydrogen-bond donors (Lipinski definition) is 1.